The Morgan fingerprint density at radius 3 is 2.74 bits per heavy atom. The van der Waals surface area contributed by atoms with E-state index in [4.69, 9.17) is 9.47 Å². The second-order valence-corrected chi connectivity index (χ2v) is 9.11. The largest absolute Gasteiger partial charge is 0.444 e. The zero-order chi connectivity index (χ0) is 24.3. The van der Waals surface area contributed by atoms with Gasteiger partial charge in [-0.15, -0.1) is 0 Å². The van der Waals surface area contributed by atoms with E-state index in [2.05, 4.69) is 30.6 Å². The van der Waals surface area contributed by atoms with E-state index >= 15 is 0 Å². The van der Waals surface area contributed by atoms with Gasteiger partial charge in [0.2, 0.25) is 5.95 Å². The van der Waals surface area contributed by atoms with Crippen molar-refractivity contribution in [3.8, 4) is 11.3 Å². The van der Waals surface area contributed by atoms with E-state index in [1.807, 2.05) is 0 Å². The molecule has 0 aliphatic carbocycles. The number of ether oxygens (including phenoxy) is 2. The van der Waals surface area contributed by atoms with E-state index in [9.17, 15) is 9.18 Å². The lowest BCUT2D eigenvalue weighted by Gasteiger charge is -2.26. The molecule has 2 N–H and O–H groups in total. The third-order valence-electron chi connectivity index (χ3n) is 5.27. The average Bonchev–Trinajstić information content (AvgIpc) is 3.11. The normalized spacial score (nSPS) is 14.9. The van der Waals surface area contributed by atoms with Crippen LogP contribution in [0.5, 0.6) is 0 Å². The Morgan fingerprint density at radius 2 is 2.03 bits per heavy atom. The lowest BCUT2D eigenvalue weighted by atomic mass is 10.1. The molecule has 11 heteroatoms. The monoisotopic (exact) mass is 471 g/mol. The van der Waals surface area contributed by atoms with Crippen LogP contribution >= 0.6 is 0 Å². The van der Waals surface area contributed by atoms with Gasteiger partial charge in [0.05, 0.1) is 24.3 Å². The molecule has 1 aromatic carbocycles. The quantitative estimate of drug-likeness (QED) is 0.564. The van der Waals surface area contributed by atoms with Gasteiger partial charge >= 0.3 is 6.09 Å². The summed E-state index contributed by atoms with van der Waals surface area (Å²) in [6.45, 7) is 10.2. The molecule has 10 nitrogen and oxygen atoms in total. The second kappa shape index (κ2) is 9.90. The number of benzene rings is 1. The predicted molar refractivity (Wildman–Crippen MR) is 127 cm³/mol. The Balaban J connectivity index is 1.47. The molecule has 1 fully saturated rings. The van der Waals surface area contributed by atoms with Crippen LogP contribution in [0.2, 0.25) is 0 Å². The number of anilines is 2. The Labute approximate surface area is 197 Å². The average molecular weight is 472 g/mol. The summed E-state index contributed by atoms with van der Waals surface area (Å²) in [5, 5.41) is 10.9. The van der Waals surface area contributed by atoms with Gasteiger partial charge in [-0.3, -0.25) is 10.2 Å². The summed E-state index contributed by atoms with van der Waals surface area (Å²) in [4.78, 5) is 23.3. The van der Waals surface area contributed by atoms with E-state index in [0.29, 0.717) is 34.8 Å². The molecule has 1 amide bonds. The zero-order valence-corrected chi connectivity index (χ0v) is 19.9. The highest BCUT2D eigenvalue weighted by atomic mass is 19.1. The highest BCUT2D eigenvalue weighted by Gasteiger charge is 2.19. The van der Waals surface area contributed by atoms with Crippen molar-refractivity contribution in [2.75, 3.05) is 50.0 Å². The molecule has 0 bridgehead atoms. The van der Waals surface area contributed by atoms with Crippen LogP contribution < -0.4 is 10.6 Å². The van der Waals surface area contributed by atoms with E-state index in [-0.39, 0.29) is 5.69 Å². The number of amides is 1. The molecule has 34 heavy (non-hydrogen) atoms. The lowest BCUT2D eigenvalue weighted by molar-refractivity contribution is 0.0398. The smallest absolute Gasteiger partial charge is 0.412 e. The number of morpholine rings is 1. The third-order valence-corrected chi connectivity index (χ3v) is 5.27. The van der Waals surface area contributed by atoms with E-state index in [1.54, 1.807) is 44.8 Å². The molecule has 1 aliphatic rings. The molecule has 3 aromatic rings. The first kappa shape index (κ1) is 23.8. The molecule has 0 unspecified atom stereocenters. The fourth-order valence-corrected chi connectivity index (χ4v) is 3.66. The van der Waals surface area contributed by atoms with Gasteiger partial charge in [0, 0.05) is 45.0 Å². The van der Waals surface area contributed by atoms with Gasteiger partial charge in [0.15, 0.2) is 5.65 Å². The Kier molecular flexibility index (Phi) is 6.94. The SMILES string of the molecule is Cn1nc(-c2ccc(NC(=O)OC(C)(C)C)c(F)c2)c2cnc(NCCN3CCOCC3)nc21. The molecule has 0 radical (unpaired) electrons. The van der Waals surface area contributed by atoms with Gasteiger partial charge in [-0.25, -0.2) is 18.9 Å². The zero-order valence-electron chi connectivity index (χ0n) is 19.9. The van der Waals surface area contributed by atoms with Crippen molar-refractivity contribution in [2.45, 2.75) is 26.4 Å². The summed E-state index contributed by atoms with van der Waals surface area (Å²) >= 11 is 0. The first-order chi connectivity index (χ1) is 16.2. The van der Waals surface area contributed by atoms with E-state index < -0.39 is 17.5 Å². The molecular weight excluding hydrogens is 441 g/mol. The molecule has 2 aromatic heterocycles. The molecule has 1 saturated heterocycles. The summed E-state index contributed by atoms with van der Waals surface area (Å²) < 4.78 is 26.9. The molecule has 0 spiro atoms. The topological polar surface area (TPSA) is 106 Å². The number of hydrogen-bond donors (Lipinski definition) is 2. The fourth-order valence-electron chi connectivity index (χ4n) is 3.66. The Morgan fingerprint density at radius 1 is 1.26 bits per heavy atom. The van der Waals surface area contributed by atoms with Crippen LogP contribution in [0, 0.1) is 5.82 Å². The second-order valence-electron chi connectivity index (χ2n) is 9.11. The number of rotatable bonds is 6. The van der Waals surface area contributed by atoms with Crippen molar-refractivity contribution >= 4 is 28.8 Å². The van der Waals surface area contributed by atoms with Crippen LogP contribution in [0.3, 0.4) is 0 Å². The number of halogens is 1. The number of hydrogen-bond acceptors (Lipinski definition) is 8. The standard InChI is InChI=1S/C23H30FN7O3/c1-23(2,3)34-22(32)27-18-6-5-15(13-17(18)24)19-16-14-26-21(28-20(16)30(4)29-19)25-7-8-31-9-11-33-12-10-31/h5-6,13-14H,7-12H2,1-4H3,(H,27,32)(H,25,26,28). The highest BCUT2D eigenvalue weighted by Crippen LogP contribution is 2.29. The molecule has 0 saturated carbocycles. The van der Waals surface area contributed by atoms with Crippen LogP contribution in [0.25, 0.3) is 22.3 Å². The minimum atomic E-state index is -0.718. The van der Waals surface area contributed by atoms with Crippen molar-refractivity contribution in [2.24, 2.45) is 7.05 Å². The third kappa shape index (κ3) is 5.78. The number of carbonyl (C=O) groups excluding carboxylic acids is 1. The summed E-state index contributed by atoms with van der Waals surface area (Å²) in [7, 11) is 1.78. The number of nitrogens with one attached hydrogen (secondary N) is 2. The van der Waals surface area contributed by atoms with Crippen LogP contribution in [-0.2, 0) is 16.5 Å². The summed E-state index contributed by atoms with van der Waals surface area (Å²) in [5.41, 5.74) is 1.09. The van der Waals surface area contributed by atoms with E-state index in [0.717, 1.165) is 32.8 Å². The summed E-state index contributed by atoms with van der Waals surface area (Å²) in [5.74, 6) is -0.0807. The first-order valence-electron chi connectivity index (χ1n) is 11.2. The van der Waals surface area contributed by atoms with Gasteiger partial charge < -0.3 is 14.8 Å². The lowest BCUT2D eigenvalue weighted by Crippen LogP contribution is -2.39. The van der Waals surface area contributed by atoms with E-state index in [1.165, 1.54) is 12.1 Å². The Hall–Kier alpha value is -3.31. The van der Waals surface area contributed by atoms with Gasteiger partial charge in [-0.1, -0.05) is 6.07 Å². The summed E-state index contributed by atoms with van der Waals surface area (Å²) in [6.07, 6.45) is 0.969. The number of nitrogens with zero attached hydrogens (tertiary/aromatic N) is 5. The molecular formula is C23H30FN7O3. The maximum atomic E-state index is 14.7. The minimum absolute atomic E-state index is 0.0289. The van der Waals surface area contributed by atoms with Crippen LogP contribution in [0.4, 0.5) is 20.8 Å². The number of carbonyl (C=O) groups is 1. The molecule has 0 atom stereocenters. The number of aryl methyl sites for hydroxylation is 1. The van der Waals surface area contributed by atoms with Crippen LogP contribution in [0.15, 0.2) is 24.4 Å². The van der Waals surface area contributed by atoms with Crippen molar-refractivity contribution in [3.05, 3.63) is 30.2 Å². The van der Waals surface area contributed by atoms with Gasteiger partial charge in [0.25, 0.3) is 0 Å². The van der Waals surface area contributed by atoms with Crippen molar-refractivity contribution in [1.29, 1.82) is 0 Å². The Bertz CT molecular complexity index is 1170. The maximum absolute atomic E-state index is 14.7. The van der Waals surface area contributed by atoms with Gasteiger partial charge in [-0.2, -0.15) is 10.1 Å². The fraction of sp³-hybridized carbons (Fsp3) is 0.478. The first-order valence-corrected chi connectivity index (χ1v) is 11.2. The van der Waals surface area contributed by atoms with Crippen LogP contribution in [0.1, 0.15) is 20.8 Å². The van der Waals surface area contributed by atoms with Crippen LogP contribution in [-0.4, -0.2) is 75.7 Å². The number of aromatic nitrogens is 4. The molecule has 182 valence electrons. The van der Waals surface area contributed by atoms with Crippen molar-refractivity contribution < 1.29 is 18.7 Å². The van der Waals surface area contributed by atoms with Crippen molar-refractivity contribution in [3.63, 3.8) is 0 Å². The van der Waals surface area contributed by atoms with Crippen molar-refractivity contribution in [1.82, 2.24) is 24.6 Å². The van der Waals surface area contributed by atoms with Gasteiger partial charge in [-0.05, 0) is 32.9 Å². The molecule has 4 rings (SSSR count). The number of fused-ring (bicyclic) bond motifs is 1. The highest BCUT2D eigenvalue weighted by molar-refractivity contribution is 5.92. The summed E-state index contributed by atoms with van der Waals surface area (Å²) in [6, 6.07) is 4.49. The maximum Gasteiger partial charge on any atom is 0.412 e. The molecule has 1 aliphatic heterocycles. The predicted octanol–water partition coefficient (Wildman–Crippen LogP) is 3.26. The van der Waals surface area contributed by atoms with Gasteiger partial charge in [0.1, 0.15) is 17.1 Å². The minimum Gasteiger partial charge on any atom is -0.444 e. The molecule has 3 heterocycles.